The molecule has 1 aliphatic rings. The summed E-state index contributed by atoms with van der Waals surface area (Å²) in [5.41, 5.74) is -0.0261. The van der Waals surface area contributed by atoms with Crippen LogP contribution in [0.5, 0.6) is 0 Å². The highest BCUT2D eigenvalue weighted by atomic mass is 32.2. The summed E-state index contributed by atoms with van der Waals surface area (Å²) >= 11 is 0. The smallest absolute Gasteiger partial charge is 0.337 e. The fourth-order valence-corrected chi connectivity index (χ4v) is 4.05. The molecule has 0 saturated carbocycles. The molecule has 0 spiro atoms. The predicted octanol–water partition coefficient (Wildman–Crippen LogP) is 1.20. The van der Waals surface area contributed by atoms with Crippen molar-refractivity contribution in [2.45, 2.75) is 31.3 Å². The summed E-state index contributed by atoms with van der Waals surface area (Å²) in [5.74, 6) is -0.803. The Balaban J connectivity index is 2.32. The second-order valence-electron chi connectivity index (χ2n) is 4.95. The highest BCUT2D eigenvalue weighted by molar-refractivity contribution is 7.89. The molecule has 1 N–H and O–H groups in total. The highest BCUT2D eigenvalue weighted by Gasteiger charge is 2.36. The molecule has 0 bridgehead atoms. The minimum atomic E-state index is -3.63. The molecule has 2 rings (SSSR count). The van der Waals surface area contributed by atoms with Crippen LogP contribution >= 0.6 is 0 Å². The highest BCUT2D eigenvalue weighted by Crippen LogP contribution is 2.28. The molecule has 0 aromatic carbocycles. The Morgan fingerprint density at radius 2 is 2.11 bits per heavy atom. The van der Waals surface area contributed by atoms with E-state index in [0.29, 0.717) is 12.5 Å². The summed E-state index contributed by atoms with van der Waals surface area (Å²) in [5, 5.41) is 8.67. The van der Waals surface area contributed by atoms with Crippen LogP contribution in [0.15, 0.2) is 23.4 Å². The number of carboxylic acids is 1. The second-order valence-corrected chi connectivity index (χ2v) is 6.79. The first-order valence-corrected chi connectivity index (χ1v) is 7.47. The number of hydrogen-bond donors (Lipinski definition) is 1. The quantitative estimate of drug-likeness (QED) is 0.901. The average molecular weight is 284 g/mol. The van der Waals surface area contributed by atoms with Gasteiger partial charge in [-0.15, -0.1) is 0 Å². The number of hydrogen-bond acceptors (Lipinski definition) is 4. The molecule has 7 heteroatoms. The first-order chi connectivity index (χ1) is 8.82. The molecule has 19 heavy (non-hydrogen) atoms. The Bertz CT molecular complexity index is 582. The van der Waals surface area contributed by atoms with Crippen LogP contribution in [0.3, 0.4) is 0 Å². The third kappa shape index (κ3) is 2.62. The number of aromatic nitrogens is 1. The number of sulfonamides is 1. The van der Waals surface area contributed by atoms with E-state index in [1.807, 2.05) is 13.8 Å². The fraction of sp³-hybridized carbons (Fsp3) is 0.500. The molecule has 104 valence electrons. The maximum Gasteiger partial charge on any atom is 0.337 e. The Morgan fingerprint density at radius 3 is 2.53 bits per heavy atom. The van der Waals surface area contributed by atoms with E-state index < -0.39 is 16.0 Å². The van der Waals surface area contributed by atoms with Gasteiger partial charge in [0.05, 0.1) is 5.56 Å². The van der Waals surface area contributed by atoms with Crippen LogP contribution in [0.4, 0.5) is 0 Å². The number of pyridine rings is 1. The van der Waals surface area contributed by atoms with E-state index in [2.05, 4.69) is 4.98 Å². The molecule has 0 amide bonds. The van der Waals surface area contributed by atoms with Crippen LogP contribution in [0, 0.1) is 5.92 Å². The molecule has 0 aliphatic carbocycles. The molecule has 1 saturated heterocycles. The molecule has 2 atom stereocenters. The van der Waals surface area contributed by atoms with Crippen molar-refractivity contribution >= 4 is 16.0 Å². The maximum atomic E-state index is 12.4. The van der Waals surface area contributed by atoms with Crippen molar-refractivity contribution in [1.82, 2.24) is 9.29 Å². The van der Waals surface area contributed by atoms with E-state index in [4.69, 9.17) is 5.11 Å². The zero-order valence-electron chi connectivity index (χ0n) is 10.8. The molecule has 1 fully saturated rings. The minimum Gasteiger partial charge on any atom is -0.478 e. The van der Waals surface area contributed by atoms with Crippen LogP contribution in [-0.4, -0.2) is 41.4 Å². The van der Waals surface area contributed by atoms with Gasteiger partial charge in [-0.05, 0) is 31.4 Å². The molecule has 2 unspecified atom stereocenters. The third-order valence-electron chi connectivity index (χ3n) is 3.28. The van der Waals surface area contributed by atoms with Crippen molar-refractivity contribution < 1.29 is 18.3 Å². The Hall–Kier alpha value is -1.47. The van der Waals surface area contributed by atoms with Gasteiger partial charge in [0.1, 0.15) is 0 Å². The van der Waals surface area contributed by atoms with Crippen molar-refractivity contribution in [3.05, 3.63) is 23.9 Å². The van der Waals surface area contributed by atoms with Gasteiger partial charge in [-0.2, -0.15) is 4.31 Å². The summed E-state index contributed by atoms with van der Waals surface area (Å²) < 4.78 is 26.2. The maximum absolute atomic E-state index is 12.4. The first-order valence-electron chi connectivity index (χ1n) is 6.03. The summed E-state index contributed by atoms with van der Waals surface area (Å²) in [4.78, 5) is 14.5. The summed E-state index contributed by atoms with van der Waals surface area (Å²) in [6, 6.07) is 2.45. The Kier molecular flexibility index (Phi) is 3.60. The SMILES string of the molecule is CC1CC(C)N(S(=O)(=O)c2ccc(C(=O)O)cn2)C1. The van der Waals surface area contributed by atoms with Crippen LogP contribution in [-0.2, 0) is 10.0 Å². The minimum absolute atomic E-state index is 0.0261. The lowest BCUT2D eigenvalue weighted by atomic mass is 10.1. The lowest BCUT2D eigenvalue weighted by Gasteiger charge is -2.20. The van der Waals surface area contributed by atoms with Crippen LogP contribution < -0.4 is 0 Å². The summed E-state index contributed by atoms with van der Waals surface area (Å²) in [6.07, 6.45) is 1.89. The van der Waals surface area contributed by atoms with E-state index >= 15 is 0 Å². The fourth-order valence-electron chi connectivity index (χ4n) is 2.38. The number of carboxylic acid groups (broad SMARTS) is 1. The monoisotopic (exact) mass is 284 g/mol. The van der Waals surface area contributed by atoms with Crippen LogP contribution in [0.25, 0.3) is 0 Å². The lowest BCUT2D eigenvalue weighted by molar-refractivity contribution is 0.0696. The van der Waals surface area contributed by atoms with Gasteiger partial charge in [0.15, 0.2) is 5.03 Å². The standard InChI is InChI=1S/C12H16N2O4S/c1-8-5-9(2)14(7-8)19(17,18)11-4-3-10(6-13-11)12(15)16/h3-4,6,8-9H,5,7H2,1-2H3,(H,15,16). The molecule has 6 nitrogen and oxygen atoms in total. The molecular formula is C12H16N2O4S. The van der Waals surface area contributed by atoms with Gasteiger partial charge >= 0.3 is 5.97 Å². The average Bonchev–Trinajstić information content (AvgIpc) is 2.69. The lowest BCUT2D eigenvalue weighted by Crippen LogP contribution is -2.34. The predicted molar refractivity (Wildman–Crippen MR) is 68.3 cm³/mol. The molecule has 1 aromatic rings. The van der Waals surface area contributed by atoms with Crippen molar-refractivity contribution in [2.24, 2.45) is 5.92 Å². The van der Waals surface area contributed by atoms with Crippen molar-refractivity contribution in [3.8, 4) is 0 Å². The zero-order valence-corrected chi connectivity index (χ0v) is 11.6. The Labute approximate surface area is 112 Å². The second kappa shape index (κ2) is 4.90. The molecule has 1 aliphatic heterocycles. The van der Waals surface area contributed by atoms with Gasteiger partial charge in [0.25, 0.3) is 10.0 Å². The van der Waals surface area contributed by atoms with Crippen molar-refractivity contribution in [1.29, 1.82) is 0 Å². The topological polar surface area (TPSA) is 87.6 Å². The third-order valence-corrected chi connectivity index (χ3v) is 5.18. The van der Waals surface area contributed by atoms with Gasteiger partial charge in [-0.25, -0.2) is 18.2 Å². The number of aromatic carboxylic acids is 1. The number of nitrogens with zero attached hydrogens (tertiary/aromatic N) is 2. The van der Waals surface area contributed by atoms with Gasteiger partial charge < -0.3 is 5.11 Å². The molecular weight excluding hydrogens is 268 g/mol. The summed E-state index contributed by atoms with van der Waals surface area (Å²) in [7, 11) is -3.63. The van der Waals surface area contributed by atoms with E-state index in [9.17, 15) is 13.2 Å². The Morgan fingerprint density at radius 1 is 1.42 bits per heavy atom. The van der Waals surface area contributed by atoms with E-state index in [-0.39, 0.29) is 16.6 Å². The van der Waals surface area contributed by atoms with E-state index in [0.717, 1.165) is 12.6 Å². The molecule has 2 heterocycles. The zero-order chi connectivity index (χ0) is 14.2. The van der Waals surface area contributed by atoms with Gasteiger partial charge in [0.2, 0.25) is 0 Å². The van der Waals surface area contributed by atoms with Crippen LogP contribution in [0.2, 0.25) is 0 Å². The van der Waals surface area contributed by atoms with Crippen LogP contribution in [0.1, 0.15) is 30.6 Å². The number of rotatable bonds is 3. The van der Waals surface area contributed by atoms with E-state index in [1.165, 1.54) is 16.4 Å². The largest absolute Gasteiger partial charge is 0.478 e. The van der Waals surface area contributed by atoms with Crippen molar-refractivity contribution in [2.75, 3.05) is 6.54 Å². The van der Waals surface area contributed by atoms with Gasteiger partial charge in [-0.1, -0.05) is 6.92 Å². The van der Waals surface area contributed by atoms with Gasteiger partial charge in [-0.3, -0.25) is 0 Å². The normalized spacial score (nSPS) is 24.5. The van der Waals surface area contributed by atoms with Gasteiger partial charge in [0, 0.05) is 18.8 Å². The number of carbonyl (C=O) groups is 1. The summed E-state index contributed by atoms with van der Waals surface area (Å²) in [6.45, 7) is 4.35. The van der Waals surface area contributed by atoms with Crippen molar-refractivity contribution in [3.63, 3.8) is 0 Å². The van der Waals surface area contributed by atoms with E-state index in [1.54, 1.807) is 0 Å². The molecule has 0 radical (unpaired) electrons. The first kappa shape index (κ1) is 14.0. The molecule has 1 aromatic heterocycles.